The molecule has 1 unspecified atom stereocenters. The number of hydrogen-bond donors (Lipinski definition) is 1. The van der Waals surface area contributed by atoms with Crippen LogP contribution in [0.4, 0.5) is 0 Å². The Bertz CT molecular complexity index is 389. The first-order chi connectivity index (χ1) is 7.09. The van der Waals surface area contributed by atoms with Crippen molar-refractivity contribution in [2.75, 3.05) is 6.54 Å². The molecule has 2 heterocycles. The molecule has 1 aromatic rings. The van der Waals surface area contributed by atoms with Crippen LogP contribution in [0.3, 0.4) is 0 Å². The normalized spacial score (nSPS) is 17.3. The van der Waals surface area contributed by atoms with Crippen LogP contribution in [0.5, 0.6) is 5.75 Å². The van der Waals surface area contributed by atoms with Crippen LogP contribution < -0.4 is 0 Å². The van der Waals surface area contributed by atoms with Crippen molar-refractivity contribution in [2.24, 2.45) is 0 Å². The van der Waals surface area contributed by atoms with Crippen molar-refractivity contribution in [1.82, 2.24) is 14.7 Å². The molecule has 2 rings (SSSR count). The highest BCUT2D eigenvalue weighted by Gasteiger charge is 2.25. The minimum atomic E-state index is -0.526. The highest BCUT2D eigenvalue weighted by atomic mass is 35.5. The van der Waals surface area contributed by atoms with E-state index in [1.165, 1.54) is 6.20 Å². The number of carbonyl (C=O) groups is 1. The highest BCUT2D eigenvalue weighted by Crippen LogP contribution is 2.22. The van der Waals surface area contributed by atoms with Crippen LogP contribution in [-0.4, -0.2) is 37.6 Å². The van der Waals surface area contributed by atoms with Crippen molar-refractivity contribution in [3.05, 3.63) is 11.9 Å². The summed E-state index contributed by atoms with van der Waals surface area (Å²) in [5.41, 5.74) is 0.673. The van der Waals surface area contributed by atoms with Crippen LogP contribution in [0.25, 0.3) is 0 Å². The molecule has 5 nitrogen and oxygen atoms in total. The molecular weight excluding hydrogens is 218 g/mol. The van der Waals surface area contributed by atoms with Gasteiger partial charge in [0, 0.05) is 6.54 Å². The van der Waals surface area contributed by atoms with E-state index in [0.717, 1.165) is 0 Å². The summed E-state index contributed by atoms with van der Waals surface area (Å²) in [6.45, 7) is 3.21. The average Bonchev–Trinajstić information content (AvgIpc) is 2.59. The van der Waals surface area contributed by atoms with E-state index in [1.807, 2.05) is 0 Å². The molecule has 0 aliphatic carbocycles. The van der Waals surface area contributed by atoms with Gasteiger partial charge in [-0.25, -0.2) is 0 Å². The van der Waals surface area contributed by atoms with Gasteiger partial charge in [0.25, 0.3) is 0 Å². The molecule has 0 spiro atoms. The van der Waals surface area contributed by atoms with Gasteiger partial charge in [-0.05, 0) is 6.92 Å². The van der Waals surface area contributed by atoms with E-state index in [4.69, 9.17) is 11.6 Å². The third-order valence-electron chi connectivity index (χ3n) is 2.50. The molecule has 1 aliphatic rings. The Labute approximate surface area is 92.2 Å². The number of nitrogens with zero attached hydrogens (tertiary/aromatic N) is 3. The summed E-state index contributed by atoms with van der Waals surface area (Å²) in [4.78, 5) is 13.3. The Morgan fingerprint density at radius 3 is 3.07 bits per heavy atom. The Morgan fingerprint density at radius 1 is 1.67 bits per heavy atom. The van der Waals surface area contributed by atoms with Gasteiger partial charge in [0.05, 0.1) is 25.0 Å². The van der Waals surface area contributed by atoms with Gasteiger partial charge in [-0.15, -0.1) is 11.6 Å². The zero-order valence-corrected chi connectivity index (χ0v) is 9.11. The molecule has 0 aromatic carbocycles. The van der Waals surface area contributed by atoms with E-state index in [0.29, 0.717) is 25.3 Å². The maximum Gasteiger partial charge on any atom is 0.240 e. The van der Waals surface area contributed by atoms with Gasteiger partial charge in [-0.2, -0.15) is 5.10 Å². The Kier molecular flexibility index (Phi) is 2.56. The van der Waals surface area contributed by atoms with Crippen molar-refractivity contribution in [2.45, 2.75) is 25.4 Å². The first-order valence-corrected chi connectivity index (χ1v) is 5.19. The summed E-state index contributed by atoms with van der Waals surface area (Å²) in [7, 11) is 0. The average molecular weight is 230 g/mol. The Hall–Kier alpha value is -1.23. The summed E-state index contributed by atoms with van der Waals surface area (Å²) < 4.78 is 1.71. The van der Waals surface area contributed by atoms with Gasteiger partial charge in [-0.3, -0.25) is 9.48 Å². The predicted molar refractivity (Wildman–Crippen MR) is 54.6 cm³/mol. The molecule has 1 N–H and O–H groups in total. The fourth-order valence-corrected chi connectivity index (χ4v) is 1.81. The SMILES string of the molecule is CC(Cl)C(=O)N1CCn2ncc(O)c2C1. The second-order valence-corrected chi connectivity index (χ2v) is 4.23. The number of halogens is 1. The molecule has 0 bridgehead atoms. The van der Waals surface area contributed by atoms with E-state index >= 15 is 0 Å². The first-order valence-electron chi connectivity index (χ1n) is 4.76. The van der Waals surface area contributed by atoms with Crippen LogP contribution in [0.2, 0.25) is 0 Å². The monoisotopic (exact) mass is 229 g/mol. The van der Waals surface area contributed by atoms with E-state index in [2.05, 4.69) is 5.10 Å². The molecular formula is C9H12ClN3O2. The molecule has 15 heavy (non-hydrogen) atoms. The van der Waals surface area contributed by atoms with Crippen molar-refractivity contribution in [1.29, 1.82) is 0 Å². The molecule has 0 fully saturated rings. The summed E-state index contributed by atoms with van der Waals surface area (Å²) in [5.74, 6) is 0.0262. The number of fused-ring (bicyclic) bond motifs is 1. The van der Waals surface area contributed by atoms with Crippen molar-refractivity contribution in [3.8, 4) is 5.75 Å². The van der Waals surface area contributed by atoms with Crippen LogP contribution in [0.15, 0.2) is 6.20 Å². The minimum absolute atomic E-state index is 0.108. The maximum absolute atomic E-state index is 11.6. The molecule has 1 amide bonds. The second-order valence-electron chi connectivity index (χ2n) is 3.58. The van der Waals surface area contributed by atoms with Crippen molar-refractivity contribution < 1.29 is 9.90 Å². The van der Waals surface area contributed by atoms with Crippen LogP contribution in [-0.2, 0) is 17.9 Å². The summed E-state index contributed by atoms with van der Waals surface area (Å²) in [6.07, 6.45) is 1.40. The third kappa shape index (κ3) is 1.79. The third-order valence-corrected chi connectivity index (χ3v) is 2.69. The summed E-state index contributed by atoms with van der Waals surface area (Å²) in [6, 6.07) is 0. The smallest absolute Gasteiger partial charge is 0.240 e. The molecule has 0 saturated heterocycles. The molecule has 1 aromatic heterocycles. The lowest BCUT2D eigenvalue weighted by Gasteiger charge is -2.28. The van der Waals surface area contributed by atoms with Gasteiger partial charge >= 0.3 is 0 Å². The zero-order chi connectivity index (χ0) is 11.0. The molecule has 6 heteroatoms. The van der Waals surface area contributed by atoms with Gasteiger partial charge in [0.15, 0.2) is 5.75 Å². The molecule has 0 saturated carbocycles. The zero-order valence-electron chi connectivity index (χ0n) is 8.35. The first kappa shape index (κ1) is 10.3. The van der Waals surface area contributed by atoms with Gasteiger partial charge in [0.1, 0.15) is 5.38 Å². The number of aromatic hydroxyl groups is 1. The lowest BCUT2D eigenvalue weighted by molar-refractivity contribution is -0.132. The molecule has 1 atom stereocenters. The largest absolute Gasteiger partial charge is 0.504 e. The second kappa shape index (κ2) is 3.73. The van der Waals surface area contributed by atoms with Gasteiger partial charge in [0.2, 0.25) is 5.91 Å². The number of aromatic nitrogens is 2. The molecule has 82 valence electrons. The summed E-state index contributed by atoms with van der Waals surface area (Å²) >= 11 is 5.73. The minimum Gasteiger partial charge on any atom is -0.504 e. The Morgan fingerprint density at radius 2 is 2.40 bits per heavy atom. The maximum atomic E-state index is 11.6. The lowest BCUT2D eigenvalue weighted by Crippen LogP contribution is -2.41. The highest BCUT2D eigenvalue weighted by molar-refractivity contribution is 6.30. The number of carbonyl (C=O) groups excluding carboxylic acids is 1. The fourth-order valence-electron chi connectivity index (χ4n) is 1.67. The molecule has 0 radical (unpaired) electrons. The molecule has 1 aliphatic heterocycles. The predicted octanol–water partition coefficient (Wildman–Crippen LogP) is 0.558. The number of amides is 1. The van der Waals surface area contributed by atoms with E-state index in [9.17, 15) is 9.90 Å². The van der Waals surface area contributed by atoms with E-state index in [1.54, 1.807) is 16.5 Å². The quantitative estimate of drug-likeness (QED) is 0.716. The standard InChI is InChI=1S/C9H12ClN3O2/c1-6(10)9(15)12-2-3-13-7(5-12)8(14)4-11-13/h4,6,14H,2-3,5H2,1H3. The van der Waals surface area contributed by atoms with Crippen LogP contribution in [0.1, 0.15) is 12.6 Å². The van der Waals surface area contributed by atoms with Crippen LogP contribution >= 0.6 is 11.6 Å². The number of alkyl halides is 1. The number of hydrogen-bond acceptors (Lipinski definition) is 3. The van der Waals surface area contributed by atoms with Gasteiger partial charge in [-0.1, -0.05) is 0 Å². The number of rotatable bonds is 1. The van der Waals surface area contributed by atoms with Crippen LogP contribution in [0, 0.1) is 0 Å². The van der Waals surface area contributed by atoms with Crippen molar-refractivity contribution >= 4 is 17.5 Å². The van der Waals surface area contributed by atoms with Crippen molar-refractivity contribution in [3.63, 3.8) is 0 Å². The lowest BCUT2D eigenvalue weighted by atomic mass is 10.2. The Balaban J connectivity index is 2.18. The fraction of sp³-hybridized carbons (Fsp3) is 0.556. The summed E-state index contributed by atoms with van der Waals surface area (Å²) in [5, 5.41) is 12.9. The van der Waals surface area contributed by atoms with E-state index in [-0.39, 0.29) is 11.7 Å². The van der Waals surface area contributed by atoms with Gasteiger partial charge < -0.3 is 10.0 Å². The topological polar surface area (TPSA) is 58.4 Å². The van der Waals surface area contributed by atoms with E-state index < -0.39 is 5.38 Å².